The van der Waals surface area contributed by atoms with E-state index in [-0.39, 0.29) is 29.9 Å². The van der Waals surface area contributed by atoms with Crippen LogP contribution in [0.3, 0.4) is 0 Å². The number of carbonyl (C=O) groups excluding carboxylic acids is 3. The second-order valence-corrected chi connectivity index (χ2v) is 7.30. The molecule has 0 aliphatic carbocycles. The van der Waals surface area contributed by atoms with Crippen molar-refractivity contribution in [1.29, 1.82) is 0 Å². The first-order chi connectivity index (χ1) is 14.2. The highest BCUT2D eigenvalue weighted by molar-refractivity contribution is 5.98. The van der Waals surface area contributed by atoms with Crippen LogP contribution in [0.5, 0.6) is 0 Å². The molecule has 1 fully saturated rings. The van der Waals surface area contributed by atoms with Crippen molar-refractivity contribution in [2.24, 2.45) is 0 Å². The molecular weight excluding hydrogens is 389 g/mol. The van der Waals surface area contributed by atoms with Gasteiger partial charge in [0.05, 0.1) is 11.7 Å². The van der Waals surface area contributed by atoms with Gasteiger partial charge in [0.2, 0.25) is 5.91 Å². The summed E-state index contributed by atoms with van der Waals surface area (Å²) in [6.45, 7) is 4.49. The number of carbonyl (C=O) groups is 3. The lowest BCUT2D eigenvalue weighted by atomic mass is 10.1. The largest absolute Gasteiger partial charge is 0.344 e. The molecule has 2 heterocycles. The number of likely N-dealkylation sites (N-methyl/N-ethyl adjacent to an activating group) is 1. The Bertz CT molecular complexity index is 981. The van der Waals surface area contributed by atoms with E-state index in [4.69, 9.17) is 0 Å². The minimum absolute atomic E-state index is 0.0711. The molecule has 158 valence electrons. The predicted octanol–water partition coefficient (Wildman–Crippen LogP) is 2.33. The van der Waals surface area contributed by atoms with E-state index in [0.29, 0.717) is 18.8 Å². The fraction of sp³-hybridized carbons (Fsp3) is 0.333. The molecule has 1 aliphatic rings. The molecule has 9 heteroatoms. The maximum absolute atomic E-state index is 14.1. The van der Waals surface area contributed by atoms with E-state index in [1.807, 2.05) is 19.1 Å². The van der Waals surface area contributed by atoms with Gasteiger partial charge in [0, 0.05) is 37.1 Å². The SMILES string of the molecule is Cc1cccc(C(C)NC(=O)c2cc(F)cc(NC(=O)CN3CCN(C)C3=O)c2)n1. The molecule has 1 unspecified atom stereocenters. The van der Waals surface area contributed by atoms with Crippen LogP contribution in [-0.2, 0) is 4.79 Å². The number of hydrogen-bond donors (Lipinski definition) is 2. The fourth-order valence-electron chi connectivity index (χ4n) is 3.18. The zero-order valence-corrected chi connectivity index (χ0v) is 17.1. The minimum atomic E-state index is -0.656. The van der Waals surface area contributed by atoms with Crippen molar-refractivity contribution in [2.45, 2.75) is 19.9 Å². The molecule has 2 aromatic rings. The summed E-state index contributed by atoms with van der Waals surface area (Å²) >= 11 is 0. The Hall–Kier alpha value is -3.49. The molecule has 3 rings (SSSR count). The number of benzene rings is 1. The maximum Gasteiger partial charge on any atom is 0.320 e. The zero-order valence-electron chi connectivity index (χ0n) is 17.1. The lowest BCUT2D eigenvalue weighted by Gasteiger charge is -2.16. The summed E-state index contributed by atoms with van der Waals surface area (Å²) in [5.41, 5.74) is 1.73. The third-order valence-corrected chi connectivity index (χ3v) is 4.78. The number of halogens is 1. The molecule has 1 aromatic heterocycles. The molecule has 0 spiro atoms. The van der Waals surface area contributed by atoms with Crippen LogP contribution in [0.1, 0.15) is 34.7 Å². The minimum Gasteiger partial charge on any atom is -0.344 e. The Morgan fingerprint density at radius 2 is 2.00 bits per heavy atom. The van der Waals surface area contributed by atoms with Crippen molar-refractivity contribution in [1.82, 2.24) is 20.1 Å². The number of anilines is 1. The van der Waals surface area contributed by atoms with Gasteiger partial charge in [-0.05, 0) is 44.2 Å². The highest BCUT2D eigenvalue weighted by Gasteiger charge is 2.27. The maximum atomic E-state index is 14.1. The number of aromatic nitrogens is 1. The van der Waals surface area contributed by atoms with Crippen molar-refractivity contribution < 1.29 is 18.8 Å². The molecule has 1 atom stereocenters. The van der Waals surface area contributed by atoms with E-state index in [1.165, 1.54) is 15.9 Å². The molecule has 30 heavy (non-hydrogen) atoms. The lowest BCUT2D eigenvalue weighted by Crippen LogP contribution is -2.36. The number of aryl methyl sites for hydroxylation is 1. The number of nitrogens with one attached hydrogen (secondary N) is 2. The van der Waals surface area contributed by atoms with Gasteiger partial charge >= 0.3 is 6.03 Å². The van der Waals surface area contributed by atoms with Crippen LogP contribution in [0.25, 0.3) is 0 Å². The van der Waals surface area contributed by atoms with Crippen molar-refractivity contribution >= 4 is 23.5 Å². The predicted molar refractivity (Wildman–Crippen MR) is 109 cm³/mol. The Morgan fingerprint density at radius 3 is 2.67 bits per heavy atom. The Balaban J connectivity index is 1.66. The number of nitrogens with zero attached hydrogens (tertiary/aromatic N) is 3. The van der Waals surface area contributed by atoms with Crippen molar-refractivity contribution in [2.75, 3.05) is 32.0 Å². The van der Waals surface area contributed by atoms with Gasteiger partial charge in [0.25, 0.3) is 5.91 Å². The summed E-state index contributed by atoms with van der Waals surface area (Å²) in [5, 5.41) is 5.33. The molecule has 1 saturated heterocycles. The zero-order chi connectivity index (χ0) is 21.8. The van der Waals surface area contributed by atoms with Crippen LogP contribution in [-0.4, -0.2) is 59.3 Å². The average Bonchev–Trinajstić information content (AvgIpc) is 2.99. The Kier molecular flexibility index (Phi) is 6.29. The molecular formula is C21H24FN5O3. The van der Waals surface area contributed by atoms with Crippen LogP contribution in [0.4, 0.5) is 14.9 Å². The Morgan fingerprint density at radius 1 is 1.23 bits per heavy atom. The third kappa shape index (κ3) is 5.11. The molecule has 0 saturated carbocycles. The van der Waals surface area contributed by atoms with Gasteiger partial charge in [-0.2, -0.15) is 0 Å². The molecule has 0 bridgehead atoms. The number of hydrogen-bond acceptors (Lipinski definition) is 4. The molecule has 2 N–H and O–H groups in total. The van der Waals surface area contributed by atoms with E-state index in [9.17, 15) is 18.8 Å². The lowest BCUT2D eigenvalue weighted by molar-refractivity contribution is -0.116. The molecule has 0 radical (unpaired) electrons. The fourth-order valence-corrected chi connectivity index (χ4v) is 3.18. The van der Waals surface area contributed by atoms with Gasteiger partial charge in [-0.25, -0.2) is 9.18 Å². The van der Waals surface area contributed by atoms with Crippen molar-refractivity contribution in [3.05, 3.63) is 59.2 Å². The van der Waals surface area contributed by atoms with Crippen LogP contribution < -0.4 is 10.6 Å². The monoisotopic (exact) mass is 413 g/mol. The van der Waals surface area contributed by atoms with E-state index in [2.05, 4.69) is 15.6 Å². The van der Waals surface area contributed by atoms with Gasteiger partial charge < -0.3 is 20.4 Å². The van der Waals surface area contributed by atoms with Gasteiger partial charge in [-0.15, -0.1) is 0 Å². The van der Waals surface area contributed by atoms with E-state index in [1.54, 1.807) is 20.0 Å². The quantitative estimate of drug-likeness (QED) is 0.760. The highest BCUT2D eigenvalue weighted by Crippen LogP contribution is 2.17. The normalized spacial score (nSPS) is 14.6. The smallest absolute Gasteiger partial charge is 0.320 e. The second kappa shape index (κ2) is 8.89. The first kappa shape index (κ1) is 21.2. The van der Waals surface area contributed by atoms with Crippen molar-refractivity contribution in [3.8, 4) is 0 Å². The standard InChI is InChI=1S/C21H24FN5O3/c1-13-5-4-6-18(23-13)14(2)24-20(29)15-9-16(22)11-17(10-15)25-19(28)12-27-8-7-26(3)21(27)30/h4-6,9-11,14H,7-8,12H2,1-3H3,(H,24,29)(H,25,28). The third-order valence-electron chi connectivity index (χ3n) is 4.78. The molecule has 1 aromatic carbocycles. The first-order valence-electron chi connectivity index (χ1n) is 9.58. The Labute approximate surface area is 174 Å². The molecule has 4 amide bonds. The topological polar surface area (TPSA) is 94.6 Å². The number of urea groups is 1. The van der Waals surface area contributed by atoms with Gasteiger partial charge in [0.15, 0.2) is 0 Å². The van der Waals surface area contributed by atoms with Gasteiger partial charge in [0.1, 0.15) is 12.4 Å². The van der Waals surface area contributed by atoms with Crippen LogP contribution in [0.2, 0.25) is 0 Å². The van der Waals surface area contributed by atoms with Gasteiger partial charge in [-0.1, -0.05) is 6.07 Å². The van der Waals surface area contributed by atoms with E-state index in [0.717, 1.165) is 17.8 Å². The van der Waals surface area contributed by atoms with Crippen LogP contribution >= 0.6 is 0 Å². The highest BCUT2D eigenvalue weighted by atomic mass is 19.1. The summed E-state index contributed by atoms with van der Waals surface area (Å²) in [6.07, 6.45) is 0. The summed E-state index contributed by atoms with van der Waals surface area (Å²) in [4.78, 5) is 44.0. The van der Waals surface area contributed by atoms with Crippen LogP contribution in [0.15, 0.2) is 36.4 Å². The summed E-state index contributed by atoms with van der Waals surface area (Å²) in [5.74, 6) is -1.61. The number of rotatable bonds is 6. The average molecular weight is 413 g/mol. The summed E-state index contributed by atoms with van der Waals surface area (Å²) < 4.78 is 14.1. The van der Waals surface area contributed by atoms with E-state index < -0.39 is 17.6 Å². The number of pyridine rings is 1. The summed E-state index contributed by atoms with van der Waals surface area (Å²) in [7, 11) is 1.66. The van der Waals surface area contributed by atoms with E-state index >= 15 is 0 Å². The summed E-state index contributed by atoms with van der Waals surface area (Å²) in [6, 6.07) is 8.50. The van der Waals surface area contributed by atoms with Gasteiger partial charge in [-0.3, -0.25) is 14.6 Å². The second-order valence-electron chi connectivity index (χ2n) is 7.30. The first-order valence-corrected chi connectivity index (χ1v) is 9.58. The molecule has 8 nitrogen and oxygen atoms in total. The number of amides is 4. The van der Waals surface area contributed by atoms with Crippen molar-refractivity contribution in [3.63, 3.8) is 0 Å². The molecule has 1 aliphatic heterocycles. The van der Waals surface area contributed by atoms with Crippen LogP contribution in [0, 0.1) is 12.7 Å².